The van der Waals surface area contributed by atoms with Crippen molar-refractivity contribution < 1.29 is 23.9 Å². The highest BCUT2D eigenvalue weighted by molar-refractivity contribution is 6.08. The van der Waals surface area contributed by atoms with E-state index in [-0.39, 0.29) is 24.3 Å². The molecule has 1 aromatic rings. The Morgan fingerprint density at radius 1 is 0.968 bits per heavy atom. The highest BCUT2D eigenvalue weighted by atomic mass is 16.5. The van der Waals surface area contributed by atoms with Crippen LogP contribution in [0.15, 0.2) is 42.5 Å². The van der Waals surface area contributed by atoms with Crippen LogP contribution in [0, 0.1) is 11.8 Å². The Labute approximate surface area is 181 Å². The van der Waals surface area contributed by atoms with Crippen LogP contribution < -0.4 is 4.90 Å². The van der Waals surface area contributed by atoms with Crippen LogP contribution in [0.2, 0.25) is 0 Å². The van der Waals surface area contributed by atoms with Gasteiger partial charge >= 0.3 is 5.97 Å². The van der Waals surface area contributed by atoms with Crippen LogP contribution in [0.4, 0.5) is 5.69 Å². The predicted octanol–water partition coefficient (Wildman–Crippen LogP) is 1.22. The summed E-state index contributed by atoms with van der Waals surface area (Å²) in [5.74, 6) is -2.44. The number of amides is 3. The molecular formula is C23H27N3O5. The van der Waals surface area contributed by atoms with Gasteiger partial charge in [0.15, 0.2) is 6.61 Å². The average molecular weight is 425 g/mol. The van der Waals surface area contributed by atoms with Crippen LogP contribution in [0.5, 0.6) is 0 Å². The molecule has 0 N–H and O–H groups in total. The zero-order valence-electron chi connectivity index (χ0n) is 17.6. The average Bonchev–Trinajstić information content (AvgIpc) is 3.07. The maximum atomic E-state index is 12.6. The van der Waals surface area contributed by atoms with Gasteiger partial charge < -0.3 is 14.5 Å². The molecule has 2 saturated heterocycles. The molecule has 8 nitrogen and oxygen atoms in total. The molecule has 1 aliphatic carbocycles. The van der Waals surface area contributed by atoms with Crippen molar-refractivity contribution in [3.63, 3.8) is 0 Å². The number of esters is 1. The van der Waals surface area contributed by atoms with Gasteiger partial charge in [0.1, 0.15) is 6.04 Å². The fourth-order valence-electron chi connectivity index (χ4n) is 4.51. The molecule has 8 heteroatoms. The van der Waals surface area contributed by atoms with Crippen molar-refractivity contribution in [1.29, 1.82) is 0 Å². The van der Waals surface area contributed by atoms with Gasteiger partial charge in [0, 0.05) is 31.9 Å². The summed E-state index contributed by atoms with van der Waals surface area (Å²) in [7, 11) is 0. The number of fused-ring (bicyclic) bond motifs is 1. The number of carbonyl (C=O) groups is 4. The second-order valence-electron chi connectivity index (χ2n) is 8.19. The third kappa shape index (κ3) is 4.19. The SMILES string of the molecule is C[C@@H](C(=O)OCC(=O)N1CCN(c2ccccc2)CC1)N1C(=O)[C@@H]2CC=CC[C@H]2C1=O. The molecule has 2 aliphatic heterocycles. The third-order valence-electron chi connectivity index (χ3n) is 6.36. The minimum atomic E-state index is -1.03. The summed E-state index contributed by atoms with van der Waals surface area (Å²) in [4.78, 5) is 55.1. The van der Waals surface area contributed by atoms with Gasteiger partial charge in [0.25, 0.3) is 5.91 Å². The van der Waals surface area contributed by atoms with Crippen molar-refractivity contribution in [2.75, 3.05) is 37.7 Å². The molecule has 0 unspecified atom stereocenters. The van der Waals surface area contributed by atoms with Gasteiger partial charge in [0.05, 0.1) is 11.8 Å². The lowest BCUT2D eigenvalue weighted by Crippen LogP contribution is -2.50. The number of ether oxygens (including phenoxy) is 1. The van der Waals surface area contributed by atoms with Gasteiger partial charge in [-0.15, -0.1) is 0 Å². The lowest BCUT2D eigenvalue weighted by Gasteiger charge is -2.36. The van der Waals surface area contributed by atoms with E-state index >= 15 is 0 Å². The fourth-order valence-corrected chi connectivity index (χ4v) is 4.51. The molecular weight excluding hydrogens is 398 g/mol. The molecule has 3 atom stereocenters. The Bertz CT molecular complexity index is 866. The molecule has 2 heterocycles. The van der Waals surface area contributed by atoms with Crippen molar-refractivity contribution in [1.82, 2.24) is 9.80 Å². The number of benzene rings is 1. The summed E-state index contributed by atoms with van der Waals surface area (Å²) in [6.07, 6.45) is 4.83. The van der Waals surface area contributed by atoms with E-state index in [1.165, 1.54) is 6.92 Å². The van der Waals surface area contributed by atoms with E-state index in [1.807, 2.05) is 42.5 Å². The van der Waals surface area contributed by atoms with Gasteiger partial charge in [0.2, 0.25) is 11.8 Å². The summed E-state index contributed by atoms with van der Waals surface area (Å²) in [5, 5.41) is 0. The Kier molecular flexibility index (Phi) is 6.06. The Hall–Kier alpha value is -3.16. The second kappa shape index (κ2) is 8.91. The summed E-state index contributed by atoms with van der Waals surface area (Å²) in [6.45, 7) is 3.58. The van der Waals surface area contributed by atoms with E-state index in [2.05, 4.69) is 4.90 Å². The number of nitrogens with zero attached hydrogens (tertiary/aromatic N) is 3. The van der Waals surface area contributed by atoms with Crippen molar-refractivity contribution >= 4 is 29.4 Å². The minimum Gasteiger partial charge on any atom is -0.454 e. The van der Waals surface area contributed by atoms with Crippen molar-refractivity contribution in [3.8, 4) is 0 Å². The zero-order valence-corrected chi connectivity index (χ0v) is 17.6. The molecule has 31 heavy (non-hydrogen) atoms. The summed E-state index contributed by atoms with van der Waals surface area (Å²) >= 11 is 0. The smallest absolute Gasteiger partial charge is 0.329 e. The standard InChI is InChI=1S/C23H27N3O5/c1-16(26-21(28)18-9-5-6-10-19(18)22(26)29)23(30)31-15-20(27)25-13-11-24(12-14-25)17-7-3-2-4-8-17/h2-8,16,18-19H,9-15H2,1H3/t16-,18+,19+/m0/s1. The number of likely N-dealkylation sites (tertiary alicyclic amines) is 1. The minimum absolute atomic E-state index is 0.273. The van der Waals surface area contributed by atoms with E-state index < -0.39 is 23.8 Å². The number of imide groups is 1. The zero-order chi connectivity index (χ0) is 22.0. The Morgan fingerprint density at radius 2 is 1.55 bits per heavy atom. The first kappa shape index (κ1) is 21.1. The first-order valence-corrected chi connectivity index (χ1v) is 10.7. The van der Waals surface area contributed by atoms with Crippen LogP contribution in [0.3, 0.4) is 0 Å². The molecule has 0 bridgehead atoms. The molecule has 0 radical (unpaired) electrons. The third-order valence-corrected chi connectivity index (χ3v) is 6.36. The summed E-state index contributed by atoms with van der Waals surface area (Å²) < 4.78 is 5.19. The van der Waals surface area contributed by atoms with Crippen LogP contribution in [0.25, 0.3) is 0 Å². The number of rotatable bonds is 5. The van der Waals surface area contributed by atoms with Crippen molar-refractivity contribution in [2.45, 2.75) is 25.8 Å². The van der Waals surface area contributed by atoms with Crippen LogP contribution >= 0.6 is 0 Å². The number of hydrogen-bond acceptors (Lipinski definition) is 6. The van der Waals surface area contributed by atoms with Crippen molar-refractivity contribution in [2.24, 2.45) is 11.8 Å². The van der Waals surface area contributed by atoms with E-state index in [0.29, 0.717) is 39.0 Å². The Morgan fingerprint density at radius 3 is 2.13 bits per heavy atom. The van der Waals surface area contributed by atoms with E-state index in [4.69, 9.17) is 4.74 Å². The predicted molar refractivity (Wildman–Crippen MR) is 113 cm³/mol. The maximum absolute atomic E-state index is 12.6. The van der Waals surface area contributed by atoms with E-state index in [1.54, 1.807) is 4.90 Å². The first-order valence-electron chi connectivity index (χ1n) is 10.7. The van der Waals surface area contributed by atoms with Gasteiger partial charge in [-0.2, -0.15) is 0 Å². The monoisotopic (exact) mass is 425 g/mol. The lowest BCUT2D eigenvalue weighted by molar-refractivity contribution is -0.161. The van der Waals surface area contributed by atoms with Crippen molar-refractivity contribution in [3.05, 3.63) is 42.5 Å². The molecule has 1 aromatic carbocycles. The van der Waals surface area contributed by atoms with Gasteiger partial charge in [-0.1, -0.05) is 30.4 Å². The summed E-state index contributed by atoms with van der Waals surface area (Å²) in [6, 6.07) is 8.96. The molecule has 0 spiro atoms. The van der Waals surface area contributed by atoms with Gasteiger partial charge in [-0.3, -0.25) is 19.3 Å². The number of hydrogen-bond donors (Lipinski definition) is 0. The first-order chi connectivity index (χ1) is 15.0. The van der Waals surface area contributed by atoms with Gasteiger partial charge in [-0.25, -0.2) is 4.79 Å². The van der Waals surface area contributed by atoms with Crippen LogP contribution in [0.1, 0.15) is 19.8 Å². The number of piperazine rings is 1. The number of carbonyl (C=O) groups excluding carboxylic acids is 4. The highest BCUT2D eigenvalue weighted by Crippen LogP contribution is 2.36. The number of allylic oxidation sites excluding steroid dienone is 2. The van der Waals surface area contributed by atoms with Crippen LogP contribution in [-0.2, 0) is 23.9 Å². The normalized spacial score (nSPS) is 24.2. The Balaban J connectivity index is 1.26. The van der Waals surface area contributed by atoms with E-state index in [0.717, 1.165) is 10.6 Å². The molecule has 3 aliphatic rings. The molecule has 3 amide bonds. The maximum Gasteiger partial charge on any atom is 0.329 e. The van der Waals surface area contributed by atoms with E-state index in [9.17, 15) is 19.2 Å². The molecule has 2 fully saturated rings. The van der Waals surface area contributed by atoms with Crippen LogP contribution in [-0.4, -0.2) is 72.3 Å². The summed E-state index contributed by atoms with van der Waals surface area (Å²) in [5.41, 5.74) is 1.12. The topological polar surface area (TPSA) is 87.2 Å². The quantitative estimate of drug-likeness (QED) is 0.401. The lowest BCUT2D eigenvalue weighted by atomic mass is 9.85. The second-order valence-corrected chi connectivity index (χ2v) is 8.19. The fraction of sp³-hybridized carbons (Fsp3) is 0.478. The van der Waals surface area contributed by atoms with Gasteiger partial charge in [-0.05, 0) is 31.9 Å². The number of para-hydroxylation sites is 1. The number of anilines is 1. The molecule has 164 valence electrons. The largest absolute Gasteiger partial charge is 0.454 e. The highest BCUT2D eigenvalue weighted by Gasteiger charge is 2.50. The molecule has 0 aromatic heterocycles. The molecule has 0 saturated carbocycles. The molecule has 4 rings (SSSR count).